The third-order valence-corrected chi connectivity index (χ3v) is 5.78. The lowest BCUT2D eigenvalue weighted by Crippen LogP contribution is -2.02. The van der Waals surface area contributed by atoms with Crippen LogP contribution in [0.15, 0.2) is 63.8 Å². The molecule has 0 aliphatic heterocycles. The van der Waals surface area contributed by atoms with Crippen LogP contribution in [0.5, 0.6) is 23.0 Å². The van der Waals surface area contributed by atoms with E-state index in [2.05, 4.69) is 0 Å². The molecule has 0 spiro atoms. The van der Waals surface area contributed by atoms with Crippen molar-refractivity contribution in [3.05, 3.63) is 80.4 Å². The molecule has 0 aliphatic carbocycles. The van der Waals surface area contributed by atoms with Crippen LogP contribution in [0.25, 0.3) is 22.3 Å². The molecule has 8 heteroatoms. The molecule has 0 unspecified atom stereocenters. The van der Waals surface area contributed by atoms with Gasteiger partial charge in [-0.05, 0) is 48.0 Å². The molecule has 1 heterocycles. The van der Waals surface area contributed by atoms with E-state index in [0.717, 1.165) is 5.56 Å². The quantitative estimate of drug-likeness (QED) is 0.302. The smallest absolute Gasteiger partial charge is 0.203 e. The van der Waals surface area contributed by atoms with E-state index in [1.54, 1.807) is 42.5 Å². The molecule has 3 aromatic carbocycles. The number of benzene rings is 3. The van der Waals surface area contributed by atoms with Crippen LogP contribution in [-0.4, -0.2) is 21.3 Å². The Bertz CT molecular complexity index is 1350. The first-order valence-corrected chi connectivity index (χ1v) is 10.6. The molecule has 4 aromatic rings. The second-order valence-corrected chi connectivity index (χ2v) is 7.90. The zero-order valence-corrected chi connectivity index (χ0v) is 19.6. The second-order valence-electron chi connectivity index (χ2n) is 7.08. The zero-order chi connectivity index (χ0) is 23.5. The van der Waals surface area contributed by atoms with Crippen LogP contribution in [0, 0.1) is 0 Å². The molecule has 0 amide bonds. The van der Waals surface area contributed by atoms with Gasteiger partial charge in [0.1, 0.15) is 23.7 Å². The van der Waals surface area contributed by atoms with Crippen molar-refractivity contribution in [1.29, 1.82) is 0 Å². The number of ether oxygens (including phenoxy) is 4. The summed E-state index contributed by atoms with van der Waals surface area (Å²) in [6.07, 6.45) is 0. The van der Waals surface area contributed by atoms with E-state index in [-0.39, 0.29) is 12.0 Å². The van der Waals surface area contributed by atoms with Gasteiger partial charge in [0.05, 0.1) is 36.8 Å². The molecule has 0 atom stereocenters. The summed E-state index contributed by atoms with van der Waals surface area (Å²) in [5.41, 5.74) is 1.69. The van der Waals surface area contributed by atoms with Gasteiger partial charge in [0, 0.05) is 11.6 Å². The summed E-state index contributed by atoms with van der Waals surface area (Å²) < 4.78 is 28.0. The molecule has 33 heavy (non-hydrogen) atoms. The van der Waals surface area contributed by atoms with Crippen LogP contribution in [0.3, 0.4) is 0 Å². The molecule has 0 radical (unpaired) electrons. The van der Waals surface area contributed by atoms with Gasteiger partial charge in [-0.15, -0.1) is 0 Å². The van der Waals surface area contributed by atoms with Crippen LogP contribution in [0.2, 0.25) is 10.0 Å². The van der Waals surface area contributed by atoms with E-state index >= 15 is 0 Å². The van der Waals surface area contributed by atoms with Gasteiger partial charge < -0.3 is 23.4 Å². The number of methoxy groups -OCH3 is 3. The lowest BCUT2D eigenvalue weighted by molar-refractivity contribution is 0.306. The van der Waals surface area contributed by atoms with E-state index in [4.69, 9.17) is 46.6 Å². The van der Waals surface area contributed by atoms with Crippen molar-refractivity contribution in [3.63, 3.8) is 0 Å². The van der Waals surface area contributed by atoms with Gasteiger partial charge in [-0.2, -0.15) is 0 Å². The Morgan fingerprint density at radius 2 is 1.55 bits per heavy atom. The molecule has 170 valence electrons. The molecule has 6 nitrogen and oxygen atoms in total. The summed E-state index contributed by atoms with van der Waals surface area (Å²) in [6, 6.07) is 15.2. The summed E-state index contributed by atoms with van der Waals surface area (Å²) in [7, 11) is 4.58. The molecule has 0 fully saturated rings. The molecule has 0 bridgehead atoms. The Kier molecular flexibility index (Phi) is 6.67. The highest BCUT2D eigenvalue weighted by Gasteiger charge is 2.16. The Morgan fingerprint density at radius 1 is 0.818 bits per heavy atom. The van der Waals surface area contributed by atoms with E-state index < -0.39 is 0 Å². The molecule has 0 aliphatic rings. The number of hydrogen-bond acceptors (Lipinski definition) is 6. The van der Waals surface area contributed by atoms with Crippen LogP contribution < -0.4 is 24.4 Å². The Hall–Kier alpha value is -3.35. The van der Waals surface area contributed by atoms with Crippen molar-refractivity contribution in [2.24, 2.45) is 0 Å². The van der Waals surface area contributed by atoms with Gasteiger partial charge in [0.2, 0.25) is 5.75 Å². The molecule has 0 saturated heterocycles. The number of fused-ring (bicyclic) bond motifs is 1. The van der Waals surface area contributed by atoms with E-state index in [1.807, 2.05) is 6.07 Å². The van der Waals surface area contributed by atoms with E-state index in [9.17, 15) is 4.79 Å². The third kappa shape index (κ3) is 4.72. The number of hydrogen-bond donors (Lipinski definition) is 0. The van der Waals surface area contributed by atoms with Gasteiger partial charge in [-0.3, -0.25) is 4.79 Å². The van der Waals surface area contributed by atoms with Crippen LogP contribution >= 0.6 is 23.2 Å². The largest absolute Gasteiger partial charge is 0.493 e. The molecule has 0 N–H and O–H groups in total. The maximum atomic E-state index is 12.9. The van der Waals surface area contributed by atoms with E-state index in [0.29, 0.717) is 55.3 Å². The number of rotatable bonds is 7. The fourth-order valence-electron chi connectivity index (χ4n) is 3.39. The van der Waals surface area contributed by atoms with Crippen molar-refractivity contribution in [3.8, 4) is 34.3 Å². The first kappa shape index (κ1) is 22.8. The fraction of sp³-hybridized carbons (Fsp3) is 0.160. The predicted molar refractivity (Wildman–Crippen MR) is 128 cm³/mol. The first-order valence-electron chi connectivity index (χ1n) is 9.88. The SMILES string of the molecule is COc1cc(-c2cc(=O)c3cc(OCc4ccc(Cl)c(Cl)c4)ccc3o2)cc(OC)c1OC. The molecule has 0 saturated carbocycles. The lowest BCUT2D eigenvalue weighted by Gasteiger charge is -2.14. The Morgan fingerprint density at radius 3 is 2.18 bits per heavy atom. The average molecular weight is 487 g/mol. The van der Waals surface area contributed by atoms with Crippen LogP contribution in [0.4, 0.5) is 0 Å². The van der Waals surface area contributed by atoms with Gasteiger partial charge >= 0.3 is 0 Å². The summed E-state index contributed by atoms with van der Waals surface area (Å²) in [6.45, 7) is 0.275. The highest BCUT2D eigenvalue weighted by molar-refractivity contribution is 6.42. The maximum Gasteiger partial charge on any atom is 0.203 e. The van der Waals surface area contributed by atoms with Gasteiger partial charge in [0.25, 0.3) is 0 Å². The summed E-state index contributed by atoms with van der Waals surface area (Å²) in [5.74, 6) is 2.27. The van der Waals surface area contributed by atoms with E-state index in [1.165, 1.54) is 27.4 Å². The first-order chi connectivity index (χ1) is 15.9. The van der Waals surface area contributed by atoms with Gasteiger partial charge in [0.15, 0.2) is 16.9 Å². The van der Waals surface area contributed by atoms with Gasteiger partial charge in [-0.25, -0.2) is 0 Å². The molecular formula is C25H20Cl2O6. The van der Waals surface area contributed by atoms with Crippen LogP contribution in [-0.2, 0) is 6.61 Å². The van der Waals surface area contributed by atoms with Gasteiger partial charge in [-0.1, -0.05) is 29.3 Å². The van der Waals surface area contributed by atoms with Crippen LogP contribution in [0.1, 0.15) is 5.56 Å². The lowest BCUT2D eigenvalue weighted by atomic mass is 10.1. The fourth-order valence-corrected chi connectivity index (χ4v) is 3.71. The Balaban J connectivity index is 1.66. The second kappa shape index (κ2) is 9.65. The summed E-state index contributed by atoms with van der Waals surface area (Å²) in [4.78, 5) is 12.9. The van der Waals surface area contributed by atoms with Crippen molar-refractivity contribution in [2.75, 3.05) is 21.3 Å². The highest BCUT2D eigenvalue weighted by atomic mass is 35.5. The van der Waals surface area contributed by atoms with Crippen molar-refractivity contribution in [2.45, 2.75) is 6.61 Å². The minimum absolute atomic E-state index is 0.208. The summed E-state index contributed by atoms with van der Waals surface area (Å²) >= 11 is 12.0. The topological polar surface area (TPSA) is 67.1 Å². The minimum atomic E-state index is -0.208. The highest BCUT2D eigenvalue weighted by Crippen LogP contribution is 2.41. The minimum Gasteiger partial charge on any atom is -0.493 e. The normalized spacial score (nSPS) is 10.8. The zero-order valence-electron chi connectivity index (χ0n) is 18.1. The molecular weight excluding hydrogens is 467 g/mol. The molecule has 4 rings (SSSR count). The molecule has 1 aromatic heterocycles. The maximum absolute atomic E-state index is 12.9. The average Bonchev–Trinajstić information content (AvgIpc) is 2.83. The van der Waals surface area contributed by atoms with Crippen molar-refractivity contribution in [1.82, 2.24) is 0 Å². The Labute approximate surface area is 200 Å². The monoisotopic (exact) mass is 486 g/mol. The predicted octanol–water partition coefficient (Wildman–Crippen LogP) is 6.37. The number of halogens is 2. The summed E-state index contributed by atoms with van der Waals surface area (Å²) in [5, 5.41) is 1.33. The standard InChI is InChI=1S/C25H20Cl2O6/c1-29-23-9-15(10-24(30-2)25(23)31-3)22-12-20(28)17-11-16(5-7-21(17)33-22)32-13-14-4-6-18(26)19(27)8-14/h4-12H,13H2,1-3H3. The van der Waals surface area contributed by atoms with Crippen molar-refractivity contribution >= 4 is 34.2 Å². The van der Waals surface area contributed by atoms with Crippen molar-refractivity contribution < 1.29 is 23.4 Å². The third-order valence-electron chi connectivity index (χ3n) is 5.04.